The second-order valence-electron chi connectivity index (χ2n) is 9.92. The van der Waals surface area contributed by atoms with E-state index in [1.54, 1.807) is 0 Å². The van der Waals surface area contributed by atoms with E-state index in [1.807, 2.05) is 0 Å². The number of rotatable bonds is 6. The Balaban J connectivity index is 1.33. The molecule has 0 amide bonds. The Morgan fingerprint density at radius 2 is 0.550 bits per heavy atom. The maximum absolute atomic E-state index is 2.33. The minimum Gasteiger partial charge on any atom is -0.311 e. The first kappa shape index (κ1) is 23.8. The lowest BCUT2D eigenvalue weighted by Crippen LogP contribution is -2.12. The Kier molecular flexibility index (Phi) is 6.20. The third-order valence-electron chi connectivity index (χ3n) is 7.36. The van der Waals surface area contributed by atoms with Gasteiger partial charge in [0, 0.05) is 34.1 Å². The molecule has 40 heavy (non-hydrogen) atoms. The van der Waals surface area contributed by atoms with E-state index in [4.69, 9.17) is 0 Å². The number of anilines is 6. The maximum atomic E-state index is 2.33. The van der Waals surface area contributed by atoms with E-state index in [0.717, 1.165) is 34.1 Å². The van der Waals surface area contributed by atoms with Gasteiger partial charge in [-0.05, 0) is 106 Å². The van der Waals surface area contributed by atoms with Crippen molar-refractivity contribution in [2.24, 2.45) is 0 Å². The molecule has 7 aromatic carbocycles. The van der Waals surface area contributed by atoms with Gasteiger partial charge in [0.05, 0.1) is 0 Å². The van der Waals surface area contributed by atoms with Crippen LogP contribution in [0.3, 0.4) is 0 Å². The lowest BCUT2D eigenvalue weighted by Gasteiger charge is -2.28. The van der Waals surface area contributed by atoms with Crippen LogP contribution in [0.15, 0.2) is 170 Å². The molecule has 2 heteroatoms. The first-order valence-corrected chi connectivity index (χ1v) is 13.6. The molecule has 0 unspecified atom stereocenters. The Hall–Kier alpha value is -5.34. The summed E-state index contributed by atoms with van der Waals surface area (Å²) in [5, 5.41) is 4.99. The molecule has 0 heterocycles. The highest BCUT2D eigenvalue weighted by atomic mass is 15.2. The third-order valence-corrected chi connectivity index (χ3v) is 7.36. The predicted molar refractivity (Wildman–Crippen MR) is 171 cm³/mol. The Morgan fingerprint density at radius 3 is 1.02 bits per heavy atom. The molecule has 0 spiro atoms. The molecule has 0 radical (unpaired) electrons. The smallest absolute Gasteiger partial charge is 0.0468 e. The van der Waals surface area contributed by atoms with Crippen molar-refractivity contribution in [3.63, 3.8) is 0 Å². The second-order valence-corrected chi connectivity index (χ2v) is 9.92. The molecule has 7 aromatic rings. The Bertz CT molecular complexity index is 1840. The van der Waals surface area contributed by atoms with E-state index in [9.17, 15) is 0 Å². The monoisotopic (exact) mass is 512 g/mol. The SMILES string of the molecule is c1ccc(N(c2ccccc2)c2ccc(N(c3ccccc3)c3ccc4cc5ccccc5cc4c3)cc2)cc1. The zero-order valence-electron chi connectivity index (χ0n) is 22.1. The van der Waals surface area contributed by atoms with Crippen LogP contribution in [-0.4, -0.2) is 0 Å². The molecule has 190 valence electrons. The molecule has 0 aliphatic rings. The average Bonchev–Trinajstić information content (AvgIpc) is 3.03. The van der Waals surface area contributed by atoms with Crippen molar-refractivity contribution in [1.29, 1.82) is 0 Å². The summed E-state index contributed by atoms with van der Waals surface area (Å²) in [6, 6.07) is 60.3. The van der Waals surface area contributed by atoms with Crippen molar-refractivity contribution < 1.29 is 0 Å². The first-order chi connectivity index (χ1) is 19.8. The van der Waals surface area contributed by atoms with Gasteiger partial charge < -0.3 is 9.80 Å². The highest BCUT2D eigenvalue weighted by Gasteiger charge is 2.16. The number of nitrogens with zero attached hydrogens (tertiary/aromatic N) is 2. The van der Waals surface area contributed by atoms with Crippen molar-refractivity contribution >= 4 is 55.7 Å². The summed E-state index contributed by atoms with van der Waals surface area (Å²) >= 11 is 0. The van der Waals surface area contributed by atoms with Crippen LogP contribution in [0.5, 0.6) is 0 Å². The number of hydrogen-bond acceptors (Lipinski definition) is 2. The van der Waals surface area contributed by atoms with Crippen molar-refractivity contribution in [3.8, 4) is 0 Å². The molecular weight excluding hydrogens is 484 g/mol. The highest BCUT2D eigenvalue weighted by molar-refractivity contribution is 6.00. The summed E-state index contributed by atoms with van der Waals surface area (Å²) in [5.41, 5.74) is 6.73. The molecular formula is C38H28N2. The molecule has 0 N–H and O–H groups in total. The van der Waals surface area contributed by atoms with Crippen LogP contribution in [-0.2, 0) is 0 Å². The highest BCUT2D eigenvalue weighted by Crippen LogP contribution is 2.39. The number of fused-ring (bicyclic) bond motifs is 2. The van der Waals surface area contributed by atoms with Gasteiger partial charge >= 0.3 is 0 Å². The van der Waals surface area contributed by atoms with Gasteiger partial charge in [0.2, 0.25) is 0 Å². The van der Waals surface area contributed by atoms with Gasteiger partial charge in [0.15, 0.2) is 0 Å². The number of para-hydroxylation sites is 3. The summed E-state index contributed by atoms with van der Waals surface area (Å²) in [6.45, 7) is 0. The third kappa shape index (κ3) is 4.57. The summed E-state index contributed by atoms with van der Waals surface area (Å²) < 4.78 is 0. The normalized spacial score (nSPS) is 11.0. The summed E-state index contributed by atoms with van der Waals surface area (Å²) in [7, 11) is 0. The molecule has 0 fully saturated rings. The van der Waals surface area contributed by atoms with E-state index >= 15 is 0 Å². The van der Waals surface area contributed by atoms with Gasteiger partial charge in [-0.25, -0.2) is 0 Å². The quantitative estimate of drug-likeness (QED) is 0.204. The zero-order valence-corrected chi connectivity index (χ0v) is 22.1. The minimum atomic E-state index is 1.11. The fourth-order valence-corrected chi connectivity index (χ4v) is 5.44. The molecule has 0 saturated heterocycles. The predicted octanol–water partition coefficient (Wildman–Crippen LogP) is 10.9. The average molecular weight is 513 g/mol. The summed E-state index contributed by atoms with van der Waals surface area (Å²) in [5.74, 6) is 0. The van der Waals surface area contributed by atoms with Crippen LogP contribution in [0, 0.1) is 0 Å². The van der Waals surface area contributed by atoms with E-state index in [0.29, 0.717) is 0 Å². The lowest BCUT2D eigenvalue weighted by atomic mass is 10.0. The molecule has 7 rings (SSSR count). The van der Waals surface area contributed by atoms with E-state index in [2.05, 4.69) is 180 Å². The molecule has 0 aliphatic carbocycles. The summed E-state index contributed by atoms with van der Waals surface area (Å²) in [6.07, 6.45) is 0. The molecule has 0 saturated carbocycles. The van der Waals surface area contributed by atoms with Gasteiger partial charge in [-0.1, -0.05) is 84.9 Å². The van der Waals surface area contributed by atoms with Crippen LogP contribution < -0.4 is 9.80 Å². The van der Waals surface area contributed by atoms with Crippen LogP contribution in [0.1, 0.15) is 0 Å². The maximum Gasteiger partial charge on any atom is 0.0468 e. The topological polar surface area (TPSA) is 6.48 Å². The first-order valence-electron chi connectivity index (χ1n) is 13.6. The van der Waals surface area contributed by atoms with Gasteiger partial charge in [0.25, 0.3) is 0 Å². The molecule has 2 nitrogen and oxygen atoms in total. The van der Waals surface area contributed by atoms with Gasteiger partial charge in [-0.3, -0.25) is 0 Å². The number of benzene rings is 7. The standard InChI is InChI=1S/C38H28N2/c1-4-14-33(15-5-1)39(34-16-6-2-7-17-34)36-22-24-37(25-23-36)40(35-18-8-3-9-19-35)38-21-20-31-26-29-12-10-11-13-30(29)27-32(31)28-38/h1-28H. The molecule has 0 atom stereocenters. The van der Waals surface area contributed by atoms with Crippen molar-refractivity contribution in [1.82, 2.24) is 0 Å². The zero-order chi connectivity index (χ0) is 26.7. The molecule has 0 aliphatic heterocycles. The van der Waals surface area contributed by atoms with Crippen LogP contribution in [0.4, 0.5) is 34.1 Å². The van der Waals surface area contributed by atoms with Crippen molar-refractivity contribution in [3.05, 3.63) is 170 Å². The van der Waals surface area contributed by atoms with Gasteiger partial charge in [-0.2, -0.15) is 0 Å². The number of hydrogen-bond donors (Lipinski definition) is 0. The van der Waals surface area contributed by atoms with Gasteiger partial charge in [0.1, 0.15) is 0 Å². The largest absolute Gasteiger partial charge is 0.311 e. The molecule has 0 aromatic heterocycles. The van der Waals surface area contributed by atoms with Crippen molar-refractivity contribution in [2.45, 2.75) is 0 Å². The Labute approximate surface area is 235 Å². The summed E-state index contributed by atoms with van der Waals surface area (Å²) in [4.78, 5) is 4.62. The Morgan fingerprint density at radius 1 is 0.225 bits per heavy atom. The second kappa shape index (κ2) is 10.4. The fourth-order valence-electron chi connectivity index (χ4n) is 5.44. The molecule has 0 bridgehead atoms. The van der Waals surface area contributed by atoms with Gasteiger partial charge in [-0.15, -0.1) is 0 Å². The van der Waals surface area contributed by atoms with Crippen molar-refractivity contribution in [2.75, 3.05) is 9.80 Å². The van der Waals surface area contributed by atoms with E-state index in [-0.39, 0.29) is 0 Å². The van der Waals surface area contributed by atoms with Crippen LogP contribution in [0.25, 0.3) is 21.5 Å². The fraction of sp³-hybridized carbons (Fsp3) is 0. The minimum absolute atomic E-state index is 1.11. The lowest BCUT2D eigenvalue weighted by molar-refractivity contribution is 1.26. The van der Waals surface area contributed by atoms with Crippen LogP contribution in [0.2, 0.25) is 0 Å². The van der Waals surface area contributed by atoms with E-state index in [1.165, 1.54) is 21.5 Å². The van der Waals surface area contributed by atoms with E-state index < -0.39 is 0 Å². The van der Waals surface area contributed by atoms with Crippen LogP contribution >= 0.6 is 0 Å².